The van der Waals surface area contributed by atoms with Crippen LogP contribution < -0.4 is 30.7 Å². The Bertz CT molecular complexity index is 1920. The summed E-state index contributed by atoms with van der Waals surface area (Å²) >= 11 is 0. The minimum atomic E-state index is -0.0558. The van der Waals surface area contributed by atoms with Gasteiger partial charge in [-0.05, 0) is 117 Å². The van der Waals surface area contributed by atoms with Crippen LogP contribution in [0.2, 0.25) is 0 Å². The molecule has 0 bridgehead atoms. The summed E-state index contributed by atoms with van der Waals surface area (Å²) in [4.78, 5) is 29.1. The molecule has 2 saturated heterocycles. The third-order valence-corrected chi connectivity index (χ3v) is 10.5. The fraction of sp³-hybridized carbons (Fsp3) is 0.366. The molecule has 4 atom stereocenters. The van der Waals surface area contributed by atoms with Gasteiger partial charge in [0, 0.05) is 34.9 Å². The van der Waals surface area contributed by atoms with Crippen molar-refractivity contribution in [3.63, 3.8) is 0 Å². The van der Waals surface area contributed by atoms with Crippen molar-refractivity contribution in [3.05, 3.63) is 105 Å². The van der Waals surface area contributed by atoms with Gasteiger partial charge in [0.25, 0.3) is 0 Å². The third-order valence-electron chi connectivity index (χ3n) is 10.5. The van der Waals surface area contributed by atoms with Crippen LogP contribution in [0.25, 0.3) is 0 Å². The molecule has 2 heterocycles. The van der Waals surface area contributed by atoms with Crippen LogP contribution in [0.1, 0.15) is 76.9 Å². The van der Waals surface area contributed by atoms with Gasteiger partial charge < -0.3 is 30.7 Å². The van der Waals surface area contributed by atoms with Gasteiger partial charge >= 0.3 is 0 Å². The smallest absolute Gasteiger partial charge is 0.233 e. The minimum absolute atomic E-state index is 0.00490. The maximum Gasteiger partial charge on any atom is 0.233 e. The zero-order chi connectivity index (χ0) is 35.9. The van der Waals surface area contributed by atoms with E-state index in [0.29, 0.717) is 0 Å². The molecular weight excluding hydrogens is 612 g/mol. The number of aryl methyl sites for hydroxylation is 4. The number of benzene rings is 4. The second-order valence-electron chi connectivity index (χ2n) is 13.5. The monoisotopic (exact) mass is 662 g/mol. The van der Waals surface area contributed by atoms with Crippen molar-refractivity contribution in [1.29, 1.82) is 0 Å². The number of β-lactam (4-membered cyclic amide) rings is 2. The third kappa shape index (κ3) is 6.32. The van der Waals surface area contributed by atoms with Crippen molar-refractivity contribution in [2.45, 2.75) is 73.9 Å². The lowest BCUT2D eigenvalue weighted by Gasteiger charge is -2.47. The van der Waals surface area contributed by atoms with Gasteiger partial charge in [0.1, 0.15) is 11.5 Å². The number of carbonyl (C=O) groups excluding carboxylic acids is 2. The molecule has 2 aliphatic heterocycles. The molecule has 0 aromatic heterocycles. The highest BCUT2D eigenvalue weighted by molar-refractivity contribution is 6.04. The molecule has 4 N–H and O–H groups in total. The number of anilines is 4. The molecule has 4 aromatic carbocycles. The molecule has 2 fully saturated rings. The zero-order valence-electron chi connectivity index (χ0n) is 30.5. The van der Waals surface area contributed by atoms with E-state index in [1.54, 1.807) is 14.2 Å². The summed E-state index contributed by atoms with van der Waals surface area (Å²) in [6.45, 7) is 16.1. The summed E-state index contributed by atoms with van der Waals surface area (Å²) < 4.78 is 11.0. The first-order valence-electron chi connectivity index (χ1n) is 16.9. The molecule has 0 radical (unpaired) electrons. The van der Waals surface area contributed by atoms with Gasteiger partial charge in [-0.3, -0.25) is 9.59 Å². The van der Waals surface area contributed by atoms with Gasteiger partial charge in [-0.15, -0.1) is 0 Å². The molecule has 0 aliphatic carbocycles. The lowest BCUT2D eigenvalue weighted by molar-refractivity contribution is -0.130. The number of hydrogen-bond donors (Lipinski definition) is 2. The van der Waals surface area contributed by atoms with E-state index in [4.69, 9.17) is 20.9 Å². The molecule has 6 rings (SSSR count). The van der Waals surface area contributed by atoms with Crippen LogP contribution in [0.4, 0.5) is 22.7 Å². The Hall–Kier alpha value is -4.98. The first-order valence-corrected chi connectivity index (χ1v) is 16.9. The second kappa shape index (κ2) is 13.9. The average molecular weight is 663 g/mol. The first kappa shape index (κ1) is 35.3. The maximum absolute atomic E-state index is 12.8. The average Bonchev–Trinajstić information content (AvgIpc) is 3.07. The number of ether oxygens (including phenoxy) is 2. The number of amides is 2. The maximum atomic E-state index is 12.8. The molecule has 8 nitrogen and oxygen atoms in total. The molecule has 258 valence electrons. The lowest BCUT2D eigenvalue weighted by atomic mass is 9.79. The van der Waals surface area contributed by atoms with E-state index in [1.165, 1.54) is 0 Å². The number of nitrogen functional groups attached to an aromatic ring is 2. The van der Waals surface area contributed by atoms with Crippen LogP contribution in [0.3, 0.4) is 0 Å². The highest BCUT2D eigenvalue weighted by Crippen LogP contribution is 2.47. The first-order chi connectivity index (χ1) is 23.2. The van der Waals surface area contributed by atoms with Crippen molar-refractivity contribution >= 4 is 34.6 Å². The Morgan fingerprint density at radius 1 is 0.612 bits per heavy atom. The summed E-state index contributed by atoms with van der Waals surface area (Å²) in [6.07, 6.45) is 0.815. The predicted octanol–water partition coefficient (Wildman–Crippen LogP) is 8.24. The van der Waals surface area contributed by atoms with Gasteiger partial charge in [-0.2, -0.15) is 0 Å². The molecule has 49 heavy (non-hydrogen) atoms. The van der Waals surface area contributed by atoms with Crippen LogP contribution in [0, 0.1) is 53.4 Å². The van der Waals surface area contributed by atoms with Crippen molar-refractivity contribution < 1.29 is 19.1 Å². The Morgan fingerprint density at radius 3 is 1.45 bits per heavy atom. The van der Waals surface area contributed by atoms with Gasteiger partial charge in [0.2, 0.25) is 11.8 Å². The van der Waals surface area contributed by atoms with E-state index in [-0.39, 0.29) is 35.7 Å². The number of carbonyl (C=O) groups is 2. The zero-order valence-corrected chi connectivity index (χ0v) is 30.5. The SMILES string of the molecule is CC[C@H]1C(=O)N(c2cc(C)c(C)c(OC)c2)[C@H]1c1ccc(C)c(N)c1.COc1cc(N2C(=O)[C@H](C)[C@@H]2c2ccc(C)c(N)c2)cc(C)c1C. The van der Waals surface area contributed by atoms with Gasteiger partial charge in [0.15, 0.2) is 0 Å². The molecule has 0 saturated carbocycles. The summed E-state index contributed by atoms with van der Waals surface area (Å²) in [5.41, 5.74) is 24.2. The number of nitrogens with zero attached hydrogens (tertiary/aromatic N) is 2. The number of methoxy groups -OCH3 is 2. The van der Waals surface area contributed by atoms with Crippen LogP contribution in [-0.2, 0) is 9.59 Å². The number of rotatable bonds is 7. The quantitative estimate of drug-likeness (QED) is 0.152. The molecule has 2 amide bonds. The van der Waals surface area contributed by atoms with E-state index in [9.17, 15) is 9.59 Å². The molecule has 0 spiro atoms. The Morgan fingerprint density at radius 2 is 1.04 bits per heavy atom. The van der Waals surface area contributed by atoms with Crippen LogP contribution in [-0.4, -0.2) is 26.0 Å². The Balaban J connectivity index is 0.000000191. The van der Waals surface area contributed by atoms with Crippen LogP contribution >= 0.6 is 0 Å². The Labute approximate surface area is 291 Å². The number of hydrogen-bond acceptors (Lipinski definition) is 6. The highest BCUT2D eigenvalue weighted by Gasteiger charge is 2.48. The number of nitrogens with two attached hydrogens (primary N) is 2. The summed E-state index contributed by atoms with van der Waals surface area (Å²) in [6, 6.07) is 20.2. The predicted molar refractivity (Wildman–Crippen MR) is 200 cm³/mol. The second-order valence-corrected chi connectivity index (χ2v) is 13.5. The summed E-state index contributed by atoms with van der Waals surface area (Å²) in [5.74, 6) is 1.85. The molecule has 8 heteroatoms. The molecule has 2 aliphatic rings. The van der Waals surface area contributed by atoms with Gasteiger partial charge in [-0.1, -0.05) is 38.1 Å². The molecular formula is C41H50N4O4. The van der Waals surface area contributed by atoms with Crippen LogP contribution in [0.15, 0.2) is 60.7 Å². The molecule has 0 unspecified atom stereocenters. The largest absolute Gasteiger partial charge is 0.496 e. The van der Waals surface area contributed by atoms with Crippen molar-refractivity contribution in [2.24, 2.45) is 11.8 Å². The van der Waals surface area contributed by atoms with Crippen LogP contribution in [0.5, 0.6) is 11.5 Å². The Kier molecular flexibility index (Phi) is 10.00. The fourth-order valence-electron chi connectivity index (χ4n) is 6.98. The van der Waals surface area contributed by atoms with E-state index in [0.717, 1.165) is 85.2 Å². The highest BCUT2D eigenvalue weighted by atomic mass is 16.5. The summed E-state index contributed by atoms with van der Waals surface area (Å²) in [5, 5.41) is 0. The fourth-order valence-corrected chi connectivity index (χ4v) is 6.98. The van der Waals surface area contributed by atoms with Crippen molar-refractivity contribution in [1.82, 2.24) is 0 Å². The van der Waals surface area contributed by atoms with Gasteiger partial charge in [-0.25, -0.2) is 0 Å². The van der Waals surface area contributed by atoms with E-state index < -0.39 is 0 Å². The normalized spacial score (nSPS) is 19.9. The molecule has 4 aromatic rings. The van der Waals surface area contributed by atoms with Crippen molar-refractivity contribution in [3.8, 4) is 11.5 Å². The standard InChI is InChI=1S/C21H26N2O2.C20H24N2O2/c1-6-17-20(15-8-7-12(2)18(22)10-15)23(21(17)24)16-9-13(3)14(4)19(11-16)25-5;1-11-6-7-15(9-17(11)21)19-14(4)20(23)22(19)16-8-12(2)13(3)18(10-16)24-5/h7-11,17,20H,6,22H2,1-5H3;6-10,14,19H,21H2,1-5H3/t17-,20+;14-,19-/m11/s1. The van der Waals surface area contributed by atoms with Gasteiger partial charge in [0.05, 0.1) is 38.1 Å². The van der Waals surface area contributed by atoms with E-state index >= 15 is 0 Å². The topological polar surface area (TPSA) is 111 Å². The summed E-state index contributed by atoms with van der Waals surface area (Å²) in [7, 11) is 3.32. The van der Waals surface area contributed by atoms with E-state index in [1.807, 2.05) is 101 Å². The van der Waals surface area contributed by atoms with Crippen molar-refractivity contribution in [2.75, 3.05) is 35.5 Å². The lowest BCUT2D eigenvalue weighted by Crippen LogP contribution is -2.55. The van der Waals surface area contributed by atoms with E-state index in [2.05, 4.69) is 25.1 Å². The minimum Gasteiger partial charge on any atom is -0.496 e.